The van der Waals surface area contributed by atoms with Gasteiger partial charge < -0.3 is 8.83 Å². The molecule has 4 heteroatoms. The minimum Gasteiger partial charge on any atom is -0.496 e. The summed E-state index contributed by atoms with van der Waals surface area (Å²) in [5.41, 5.74) is 16.1. The number of hydrogen-bond acceptors (Lipinski definition) is 2. The van der Waals surface area contributed by atoms with Gasteiger partial charge in [-0.1, -0.05) is 123 Å². The molecule has 58 heavy (non-hydrogen) atoms. The van der Waals surface area contributed by atoms with Crippen LogP contribution >= 0.6 is 0 Å². The second-order valence-corrected chi connectivity index (χ2v) is 27.7. The van der Waals surface area contributed by atoms with Gasteiger partial charge >= 0.3 is 41.9 Å². The Morgan fingerprint density at radius 3 is 1.09 bits per heavy atom. The first kappa shape index (κ1) is 43.3. The summed E-state index contributed by atoms with van der Waals surface area (Å²) in [6.45, 7) is 31.0. The summed E-state index contributed by atoms with van der Waals surface area (Å²) < 4.78 is 11.7. The van der Waals surface area contributed by atoms with Gasteiger partial charge in [0.25, 0.3) is 0 Å². The van der Waals surface area contributed by atoms with E-state index in [1.807, 2.05) is 26.0 Å². The zero-order chi connectivity index (χ0) is 42.3. The molecule has 8 aromatic rings. The van der Waals surface area contributed by atoms with Gasteiger partial charge in [-0.05, 0) is 110 Å². The molecular formula is C54H60O2SiZr. The van der Waals surface area contributed by atoms with Gasteiger partial charge in [-0.2, -0.15) is 0 Å². The van der Waals surface area contributed by atoms with Crippen LogP contribution in [0, 0.1) is 41.5 Å². The Hall–Kier alpha value is -4.24. The molecule has 2 aromatic heterocycles. The van der Waals surface area contributed by atoms with Gasteiger partial charge in [0.2, 0.25) is 0 Å². The molecule has 0 fully saturated rings. The van der Waals surface area contributed by atoms with Gasteiger partial charge in [-0.3, -0.25) is 0 Å². The topological polar surface area (TPSA) is 26.3 Å². The van der Waals surface area contributed by atoms with Crippen LogP contribution in [0.2, 0.25) is 13.1 Å². The van der Waals surface area contributed by atoms with Crippen molar-refractivity contribution in [2.45, 2.75) is 107 Å². The molecule has 0 aliphatic carbocycles. The van der Waals surface area contributed by atoms with E-state index in [2.05, 4.69) is 179 Å². The van der Waals surface area contributed by atoms with Crippen LogP contribution in [0.1, 0.15) is 86.4 Å². The molecule has 296 valence electrons. The average Bonchev–Trinajstić information content (AvgIpc) is 3.96. The number of rotatable bonds is 4. The van der Waals surface area contributed by atoms with E-state index in [0.717, 1.165) is 34.2 Å². The predicted octanol–water partition coefficient (Wildman–Crippen LogP) is 16.2. The molecule has 0 saturated carbocycles. The quantitative estimate of drug-likeness (QED) is 0.130. The molecule has 0 bridgehead atoms. The maximum atomic E-state index is 5.86. The number of fused-ring (bicyclic) bond motifs is 2. The summed E-state index contributed by atoms with van der Waals surface area (Å²) in [5.74, 6) is 3.77. The third kappa shape index (κ3) is 9.62. The second kappa shape index (κ2) is 17.2. The van der Waals surface area contributed by atoms with E-state index in [0.29, 0.717) is 0 Å². The van der Waals surface area contributed by atoms with Gasteiger partial charge in [0.1, 0.15) is 0 Å². The Morgan fingerprint density at radius 2 is 0.810 bits per heavy atom. The fourth-order valence-corrected chi connectivity index (χ4v) is 7.69. The van der Waals surface area contributed by atoms with E-state index >= 15 is 0 Å². The van der Waals surface area contributed by atoms with Crippen molar-refractivity contribution in [1.29, 1.82) is 0 Å². The molecule has 6 aromatic carbocycles. The number of furan rings is 2. The summed E-state index contributed by atoms with van der Waals surface area (Å²) in [6, 6.07) is 39.9. The van der Waals surface area contributed by atoms with Crippen LogP contribution in [0.5, 0.6) is 0 Å². The molecule has 0 aliphatic heterocycles. The van der Waals surface area contributed by atoms with Gasteiger partial charge in [0, 0.05) is 0 Å². The summed E-state index contributed by atoms with van der Waals surface area (Å²) in [4.78, 5) is 0. The first-order chi connectivity index (χ1) is 27.2. The normalized spacial score (nSPS) is 11.7. The Bertz CT molecular complexity index is 2520. The Balaban J connectivity index is 0.000000179. The van der Waals surface area contributed by atoms with Gasteiger partial charge in [-0.15, -0.1) is 57.9 Å². The van der Waals surface area contributed by atoms with Gasteiger partial charge in [-0.25, -0.2) is 0 Å². The van der Waals surface area contributed by atoms with Crippen molar-refractivity contribution in [3.8, 4) is 44.9 Å². The zero-order valence-corrected chi connectivity index (χ0v) is 40.7. The first-order valence-corrected chi connectivity index (χ1v) is 26.7. The Kier molecular flexibility index (Phi) is 12.8. The Morgan fingerprint density at radius 1 is 0.483 bits per heavy atom. The van der Waals surface area contributed by atoms with Crippen molar-refractivity contribution in [2.24, 2.45) is 0 Å². The molecule has 0 radical (unpaired) electrons. The molecule has 0 atom stereocenters. The third-order valence-electron chi connectivity index (χ3n) is 11.2. The van der Waals surface area contributed by atoms with Crippen molar-refractivity contribution < 1.29 is 32.2 Å². The zero-order valence-electron chi connectivity index (χ0n) is 37.2. The first-order valence-electron chi connectivity index (χ1n) is 20.5. The predicted molar refractivity (Wildman–Crippen MR) is 249 cm³/mol. The van der Waals surface area contributed by atoms with Gasteiger partial charge in [0.05, 0.1) is 23.0 Å². The molecule has 0 amide bonds. The maximum Gasteiger partial charge on any atom is 0.0896 e. The molecule has 0 unspecified atom stereocenters. The van der Waals surface area contributed by atoms with Crippen LogP contribution in [-0.2, 0) is 34.2 Å². The molecule has 0 saturated heterocycles. The number of aryl methyl sites for hydroxylation is 4. The van der Waals surface area contributed by atoms with E-state index in [9.17, 15) is 0 Å². The second-order valence-electron chi connectivity index (χ2n) is 18.4. The molecule has 0 spiro atoms. The van der Waals surface area contributed by atoms with E-state index in [-0.39, 0.29) is 16.3 Å². The fourth-order valence-electron chi connectivity index (χ4n) is 7.69. The monoisotopic (exact) mass is 858 g/mol. The standard InChI is InChI=1S/2C26H27O.C2H6Si.Zr/c2*1-16-13-20-14-21(24-12-7-17(2)27-24)15-23(20)25(18(16)3)19-8-10-22(11-9-19)26(4,5)6;1-3-2;/h2*7-15H,1-6H3;1-2H3;/q2*-1;;+2. The van der Waals surface area contributed by atoms with Crippen molar-refractivity contribution in [3.63, 3.8) is 0 Å². The van der Waals surface area contributed by atoms with Crippen molar-refractivity contribution >= 4 is 27.0 Å². The smallest absolute Gasteiger partial charge is 0.0896 e. The van der Waals surface area contributed by atoms with Crippen LogP contribution in [-0.4, -0.2) is 5.43 Å². The minimum absolute atomic E-state index is 0.167. The molecule has 2 heterocycles. The maximum absolute atomic E-state index is 5.86. The molecule has 0 aliphatic rings. The number of hydrogen-bond donors (Lipinski definition) is 0. The molecule has 2 nitrogen and oxygen atoms in total. The van der Waals surface area contributed by atoms with Gasteiger partial charge in [0.15, 0.2) is 0 Å². The number of benzene rings is 4. The summed E-state index contributed by atoms with van der Waals surface area (Å²) in [5, 5.41) is 5.14. The van der Waals surface area contributed by atoms with Crippen LogP contribution in [0.4, 0.5) is 0 Å². The Labute approximate surface area is 362 Å². The van der Waals surface area contributed by atoms with Crippen LogP contribution in [0.25, 0.3) is 66.4 Å². The minimum atomic E-state index is 0.167. The largest absolute Gasteiger partial charge is 0.496 e. The molecule has 0 N–H and O–H groups in total. The van der Waals surface area contributed by atoms with Crippen LogP contribution in [0.15, 0.2) is 118 Å². The molecular weight excluding hydrogens is 800 g/mol. The van der Waals surface area contributed by atoms with E-state index < -0.39 is 0 Å². The van der Waals surface area contributed by atoms with E-state index in [4.69, 9.17) is 8.83 Å². The van der Waals surface area contributed by atoms with Crippen LogP contribution in [0.3, 0.4) is 0 Å². The van der Waals surface area contributed by atoms with Crippen molar-refractivity contribution in [1.82, 2.24) is 0 Å². The summed E-state index contributed by atoms with van der Waals surface area (Å²) in [7, 11) is 0. The average molecular weight is 860 g/mol. The SMILES string of the molecule is C[Si](C)=[Zr+2].Cc1ccc(-c2cc3c(-c4ccc(C(C)(C)C)cc4)c(C)c(C)cc3[cH-]2)o1.Cc1ccc(-c2cc3c(-c4ccc(C(C)(C)C)cc4)c(C)c(C)cc3[cH-]2)o1. The summed E-state index contributed by atoms with van der Waals surface area (Å²) >= 11 is 1.74. The molecule has 8 rings (SSSR count). The van der Waals surface area contributed by atoms with Crippen LogP contribution < -0.4 is 0 Å². The van der Waals surface area contributed by atoms with E-state index in [1.54, 1.807) is 23.3 Å². The van der Waals surface area contributed by atoms with Crippen molar-refractivity contribution in [2.75, 3.05) is 0 Å². The summed E-state index contributed by atoms with van der Waals surface area (Å²) in [6.07, 6.45) is 0. The van der Waals surface area contributed by atoms with Crippen molar-refractivity contribution in [3.05, 3.63) is 154 Å². The third-order valence-corrected chi connectivity index (χ3v) is 11.2. The fraction of sp³-hybridized carbons (Fsp3) is 0.296. The van der Waals surface area contributed by atoms with E-state index in [1.165, 1.54) is 77.2 Å².